The van der Waals surface area contributed by atoms with Gasteiger partial charge in [0, 0.05) is 21.1 Å². The van der Waals surface area contributed by atoms with Crippen molar-refractivity contribution in [2.75, 3.05) is 21.1 Å². The molecule has 0 saturated carbocycles. The Morgan fingerprint density at radius 2 is 1.44 bits per heavy atom. The summed E-state index contributed by atoms with van der Waals surface area (Å²) in [7, 11) is 3.80. The Morgan fingerprint density at radius 3 is 1.75 bits per heavy atom. The van der Waals surface area contributed by atoms with Crippen molar-refractivity contribution in [1.82, 2.24) is 20.0 Å². The maximum Gasteiger partial charge on any atom is 0.328 e. The van der Waals surface area contributed by atoms with Gasteiger partial charge in [-0.25, -0.2) is 9.59 Å². The monoisotopic (exact) mass is 226 g/mol. The van der Waals surface area contributed by atoms with Gasteiger partial charge in [0.15, 0.2) is 0 Å². The summed E-state index contributed by atoms with van der Waals surface area (Å²) in [5, 5.41) is 2.24. The molecule has 2 aliphatic heterocycles. The van der Waals surface area contributed by atoms with Crippen molar-refractivity contribution in [3.8, 4) is 0 Å². The van der Waals surface area contributed by atoms with Crippen LogP contribution in [0.3, 0.4) is 0 Å². The maximum atomic E-state index is 11.9. The number of hydrogen-bond acceptors (Lipinski definition) is 4. The number of amides is 6. The Morgan fingerprint density at radius 1 is 0.938 bits per heavy atom. The number of carbonyl (C=O) groups excluding carboxylic acids is 4. The molecule has 0 aromatic carbocycles. The van der Waals surface area contributed by atoms with Crippen LogP contribution in [-0.4, -0.2) is 65.4 Å². The highest BCUT2D eigenvalue weighted by atomic mass is 16.2. The lowest BCUT2D eigenvalue weighted by atomic mass is 10.1. The van der Waals surface area contributed by atoms with Gasteiger partial charge in [-0.15, -0.1) is 0 Å². The molecule has 0 unspecified atom stereocenters. The SMILES string of the molecule is CN1C(=O)N[C@]2(C1=O)C(=O)N(C)C(=O)N2C. The Kier molecular flexibility index (Phi) is 1.76. The van der Waals surface area contributed by atoms with Crippen molar-refractivity contribution in [2.45, 2.75) is 5.66 Å². The second kappa shape index (κ2) is 2.71. The Balaban J connectivity index is 2.55. The van der Waals surface area contributed by atoms with Crippen LogP contribution in [0.25, 0.3) is 0 Å². The largest absolute Gasteiger partial charge is 0.328 e. The standard InChI is InChI=1S/C8H10N4O4/c1-10-4(13)8(9-6(10)15)5(14)11(2)7(16)12(8)3/h1-3H3,(H,9,15)/t8-/m0/s1. The molecule has 0 aromatic rings. The molecule has 8 heteroatoms. The molecule has 2 heterocycles. The van der Waals surface area contributed by atoms with Gasteiger partial charge in [-0.1, -0.05) is 0 Å². The molecule has 16 heavy (non-hydrogen) atoms. The molecule has 2 rings (SSSR count). The van der Waals surface area contributed by atoms with Gasteiger partial charge < -0.3 is 0 Å². The lowest BCUT2D eigenvalue weighted by Gasteiger charge is -2.24. The van der Waals surface area contributed by atoms with Crippen LogP contribution < -0.4 is 5.32 Å². The lowest BCUT2D eigenvalue weighted by molar-refractivity contribution is -0.144. The summed E-state index contributed by atoms with van der Waals surface area (Å²) in [4.78, 5) is 49.1. The molecule has 8 nitrogen and oxygen atoms in total. The van der Waals surface area contributed by atoms with E-state index in [4.69, 9.17) is 0 Å². The zero-order valence-corrected chi connectivity index (χ0v) is 8.97. The zero-order valence-electron chi connectivity index (χ0n) is 8.97. The van der Waals surface area contributed by atoms with Gasteiger partial charge in [0.1, 0.15) is 0 Å². The third-order valence-electron chi connectivity index (χ3n) is 2.90. The molecule has 1 spiro atoms. The maximum absolute atomic E-state index is 11.9. The van der Waals surface area contributed by atoms with Gasteiger partial charge in [-0.05, 0) is 0 Å². The molecular weight excluding hydrogens is 216 g/mol. The second-order valence-corrected chi connectivity index (χ2v) is 3.71. The van der Waals surface area contributed by atoms with E-state index in [0.717, 1.165) is 14.7 Å². The van der Waals surface area contributed by atoms with E-state index >= 15 is 0 Å². The minimum absolute atomic E-state index is 0.631. The highest BCUT2D eigenvalue weighted by Gasteiger charge is 2.66. The number of rotatable bonds is 0. The third kappa shape index (κ3) is 0.841. The summed E-state index contributed by atoms with van der Waals surface area (Å²) >= 11 is 0. The van der Waals surface area contributed by atoms with Gasteiger partial charge in [-0.3, -0.25) is 29.6 Å². The van der Waals surface area contributed by atoms with Crippen LogP contribution in [0.1, 0.15) is 0 Å². The summed E-state index contributed by atoms with van der Waals surface area (Å²) in [6, 6.07) is -1.33. The molecule has 0 aliphatic carbocycles. The van der Waals surface area contributed by atoms with Crippen LogP contribution in [-0.2, 0) is 9.59 Å². The van der Waals surface area contributed by atoms with E-state index in [1.807, 2.05) is 0 Å². The first-order chi connectivity index (χ1) is 7.34. The molecule has 1 atom stereocenters. The van der Waals surface area contributed by atoms with Crippen molar-refractivity contribution in [3.63, 3.8) is 0 Å². The second-order valence-electron chi connectivity index (χ2n) is 3.71. The number of urea groups is 2. The molecule has 86 valence electrons. The fraction of sp³-hybridized carbons (Fsp3) is 0.500. The Bertz CT molecular complexity index is 424. The first kappa shape index (κ1) is 10.4. The Hall–Kier alpha value is -2.12. The minimum atomic E-state index is -1.89. The van der Waals surface area contributed by atoms with Crippen LogP contribution in [0, 0.1) is 0 Å². The van der Waals surface area contributed by atoms with Crippen molar-refractivity contribution >= 4 is 23.9 Å². The van der Waals surface area contributed by atoms with E-state index in [9.17, 15) is 19.2 Å². The van der Waals surface area contributed by atoms with Gasteiger partial charge in [0.25, 0.3) is 17.5 Å². The molecule has 0 radical (unpaired) electrons. The third-order valence-corrected chi connectivity index (χ3v) is 2.90. The summed E-state index contributed by atoms with van der Waals surface area (Å²) in [5.74, 6) is -1.50. The van der Waals surface area contributed by atoms with Crippen LogP contribution >= 0.6 is 0 Å². The average Bonchev–Trinajstić information content (AvgIpc) is 2.57. The summed E-state index contributed by atoms with van der Waals surface area (Å²) in [6.07, 6.45) is 0. The zero-order chi connectivity index (χ0) is 12.2. The average molecular weight is 226 g/mol. The van der Waals surface area contributed by atoms with Gasteiger partial charge in [0.05, 0.1) is 0 Å². The first-order valence-corrected chi connectivity index (χ1v) is 4.50. The van der Waals surface area contributed by atoms with E-state index in [1.54, 1.807) is 0 Å². The van der Waals surface area contributed by atoms with Crippen molar-refractivity contribution in [1.29, 1.82) is 0 Å². The van der Waals surface area contributed by atoms with Gasteiger partial charge in [-0.2, -0.15) is 0 Å². The quantitative estimate of drug-likeness (QED) is 0.397. The van der Waals surface area contributed by atoms with Crippen molar-refractivity contribution in [3.05, 3.63) is 0 Å². The minimum Gasteiger partial charge on any atom is -0.298 e. The molecule has 2 saturated heterocycles. The number of nitrogens with zero attached hydrogens (tertiary/aromatic N) is 3. The molecule has 1 N–H and O–H groups in total. The van der Waals surface area contributed by atoms with Crippen LogP contribution in [0.15, 0.2) is 0 Å². The molecule has 6 amide bonds. The predicted molar refractivity (Wildman–Crippen MR) is 50.0 cm³/mol. The molecule has 0 bridgehead atoms. The highest BCUT2D eigenvalue weighted by molar-refractivity contribution is 6.25. The normalized spacial score (nSPS) is 29.8. The Labute approximate surface area is 90.8 Å². The van der Waals surface area contributed by atoms with Gasteiger partial charge in [0.2, 0.25) is 0 Å². The number of nitrogens with one attached hydrogen (secondary N) is 1. The summed E-state index contributed by atoms with van der Waals surface area (Å²) < 4.78 is 0. The van der Waals surface area contributed by atoms with Gasteiger partial charge >= 0.3 is 12.1 Å². The van der Waals surface area contributed by atoms with Crippen LogP contribution in [0.4, 0.5) is 9.59 Å². The van der Waals surface area contributed by atoms with Crippen LogP contribution in [0.2, 0.25) is 0 Å². The number of likely N-dealkylation sites (N-methyl/N-ethyl adjacent to an activating group) is 3. The van der Waals surface area contributed by atoms with E-state index in [2.05, 4.69) is 5.32 Å². The van der Waals surface area contributed by atoms with Crippen LogP contribution in [0.5, 0.6) is 0 Å². The summed E-state index contributed by atoms with van der Waals surface area (Å²) in [6.45, 7) is 0. The number of carbonyl (C=O) groups is 4. The fourth-order valence-electron chi connectivity index (χ4n) is 1.84. The fourth-order valence-corrected chi connectivity index (χ4v) is 1.84. The van der Waals surface area contributed by atoms with Crippen molar-refractivity contribution < 1.29 is 19.2 Å². The number of hydrogen-bond donors (Lipinski definition) is 1. The number of imide groups is 2. The molecule has 2 aliphatic rings. The lowest BCUT2D eigenvalue weighted by Crippen LogP contribution is -2.61. The topological polar surface area (TPSA) is 90.0 Å². The molecule has 0 aromatic heterocycles. The van der Waals surface area contributed by atoms with Crippen molar-refractivity contribution in [2.24, 2.45) is 0 Å². The summed E-state index contributed by atoms with van der Waals surface area (Å²) in [5.41, 5.74) is -1.89. The van der Waals surface area contributed by atoms with E-state index < -0.39 is 29.5 Å². The highest BCUT2D eigenvalue weighted by Crippen LogP contribution is 2.28. The molecule has 2 fully saturated rings. The van der Waals surface area contributed by atoms with E-state index in [1.165, 1.54) is 21.1 Å². The molecular formula is C8H10N4O4. The predicted octanol–water partition coefficient (Wildman–Crippen LogP) is -1.61. The smallest absolute Gasteiger partial charge is 0.298 e. The van der Waals surface area contributed by atoms with E-state index in [0.29, 0.717) is 0 Å². The first-order valence-electron chi connectivity index (χ1n) is 4.50. The van der Waals surface area contributed by atoms with E-state index in [-0.39, 0.29) is 0 Å².